The van der Waals surface area contributed by atoms with Crippen LogP contribution in [-0.4, -0.2) is 19.1 Å². The van der Waals surface area contributed by atoms with Crippen molar-refractivity contribution in [2.75, 3.05) is 13.2 Å². The molecule has 0 aliphatic carbocycles. The number of alkyl halides is 3. The minimum absolute atomic E-state index is 0. The summed E-state index contributed by atoms with van der Waals surface area (Å²) in [6.45, 7) is 2.77. The van der Waals surface area contributed by atoms with Gasteiger partial charge in [-0.05, 0) is 12.1 Å². The molecule has 0 saturated heterocycles. The molecule has 1 aromatic rings. The Bertz CT molecular complexity index is 393. The molecule has 0 amide bonds. The molecule has 0 unspecified atom stereocenters. The van der Waals surface area contributed by atoms with Gasteiger partial charge in [-0.25, -0.2) is 0 Å². The Morgan fingerprint density at radius 2 is 1.84 bits per heavy atom. The maximum atomic E-state index is 12.3. The summed E-state index contributed by atoms with van der Waals surface area (Å²) in [5.74, 6) is -0.335. The van der Waals surface area contributed by atoms with Crippen LogP contribution in [0.25, 0.3) is 0 Å². The van der Waals surface area contributed by atoms with Crippen molar-refractivity contribution in [1.29, 1.82) is 0 Å². The van der Waals surface area contributed by atoms with Crippen LogP contribution in [0.15, 0.2) is 24.3 Å². The van der Waals surface area contributed by atoms with Crippen molar-refractivity contribution in [2.45, 2.75) is 19.6 Å². The van der Waals surface area contributed by atoms with Crippen molar-refractivity contribution < 1.29 is 40.4 Å². The first-order valence-corrected chi connectivity index (χ1v) is 5.51. The van der Waals surface area contributed by atoms with E-state index in [2.05, 4.69) is 0 Å². The molecule has 19 heavy (non-hydrogen) atoms. The van der Waals surface area contributed by atoms with Gasteiger partial charge in [0.05, 0.1) is 5.56 Å². The molecule has 0 spiro atoms. The zero-order chi connectivity index (χ0) is 13.6. The van der Waals surface area contributed by atoms with Crippen LogP contribution in [0.1, 0.15) is 18.1 Å². The fourth-order valence-corrected chi connectivity index (χ4v) is 1.38. The van der Waals surface area contributed by atoms with Crippen molar-refractivity contribution in [3.63, 3.8) is 0 Å². The van der Waals surface area contributed by atoms with Gasteiger partial charge in [0.25, 0.3) is 0 Å². The molecule has 0 heterocycles. The fraction of sp³-hybridized carbons (Fsp3) is 0.417. The molecule has 0 fully saturated rings. The van der Waals surface area contributed by atoms with Gasteiger partial charge in [0.15, 0.2) is 0 Å². The van der Waals surface area contributed by atoms with E-state index in [1.54, 1.807) is 0 Å². The lowest BCUT2D eigenvalue weighted by atomic mass is 10.1. The predicted molar refractivity (Wildman–Crippen MR) is 58.6 cm³/mol. The van der Waals surface area contributed by atoms with E-state index in [0.29, 0.717) is 19.7 Å². The summed E-state index contributed by atoms with van der Waals surface area (Å²) in [5.41, 5.74) is 0.150. The number of hydrogen-bond acceptors (Lipinski definition) is 2. The van der Waals surface area contributed by atoms with E-state index in [9.17, 15) is 18.0 Å². The monoisotopic (exact) mass is 297 g/mol. The van der Waals surface area contributed by atoms with E-state index in [-0.39, 0.29) is 18.4 Å². The van der Waals surface area contributed by atoms with Crippen molar-refractivity contribution in [3.05, 3.63) is 35.4 Å². The summed E-state index contributed by atoms with van der Waals surface area (Å²) in [6, 6.07) is 5.03. The number of rotatable bonds is 5. The van der Waals surface area contributed by atoms with Crippen LogP contribution in [0, 0.1) is 0 Å². The topological polar surface area (TPSA) is 42.9 Å². The highest BCUT2D eigenvalue weighted by molar-refractivity contribution is 5.65. The molecule has 1 aromatic carbocycles. The van der Waals surface area contributed by atoms with E-state index in [4.69, 9.17) is 4.74 Å². The van der Waals surface area contributed by atoms with E-state index >= 15 is 0 Å². The Morgan fingerprint density at radius 1 is 1.26 bits per heavy atom. The fourth-order valence-electron chi connectivity index (χ4n) is 1.38. The summed E-state index contributed by atoms with van der Waals surface area (Å²) in [7, 11) is 0. The quantitative estimate of drug-likeness (QED) is 0.522. The summed E-state index contributed by atoms with van der Waals surface area (Å²) in [4.78, 5) is 10.5. The minimum atomic E-state index is -4.29. The molecule has 2 N–H and O–H groups in total. The molecule has 0 aliphatic rings. The zero-order valence-corrected chi connectivity index (χ0v) is 11.1. The van der Waals surface area contributed by atoms with E-state index in [1.807, 2.05) is 5.32 Å². The number of esters is 1. The van der Waals surface area contributed by atoms with Crippen LogP contribution >= 0.6 is 0 Å². The molecule has 0 radical (unpaired) electrons. The lowest BCUT2D eigenvalue weighted by molar-refractivity contribution is -0.671. The second-order valence-corrected chi connectivity index (χ2v) is 3.82. The van der Waals surface area contributed by atoms with Crippen LogP contribution in [0.3, 0.4) is 0 Å². The van der Waals surface area contributed by atoms with Gasteiger partial charge in [0.2, 0.25) is 0 Å². The van der Waals surface area contributed by atoms with Gasteiger partial charge in [0.1, 0.15) is 19.7 Å². The average molecular weight is 298 g/mol. The summed E-state index contributed by atoms with van der Waals surface area (Å²) < 4.78 is 41.6. The Balaban J connectivity index is 0.00000324. The third-order valence-corrected chi connectivity index (χ3v) is 2.29. The largest absolute Gasteiger partial charge is 1.00 e. The zero-order valence-electron chi connectivity index (χ0n) is 10.3. The van der Waals surface area contributed by atoms with Crippen molar-refractivity contribution in [3.8, 4) is 0 Å². The number of nitrogens with two attached hydrogens (primary N) is 1. The molecule has 0 saturated carbocycles. The number of hydrogen-bond donors (Lipinski definition) is 1. The first kappa shape index (κ1) is 17.7. The molecule has 108 valence electrons. The second-order valence-electron chi connectivity index (χ2n) is 3.82. The van der Waals surface area contributed by atoms with E-state index in [0.717, 1.165) is 17.7 Å². The number of quaternary nitrogens is 1. The Labute approximate surface area is 115 Å². The molecule has 0 aliphatic heterocycles. The third-order valence-electron chi connectivity index (χ3n) is 2.29. The highest BCUT2D eigenvalue weighted by Gasteiger charge is 2.29. The van der Waals surface area contributed by atoms with Crippen molar-refractivity contribution >= 4 is 5.97 Å². The molecule has 3 nitrogen and oxygen atoms in total. The maximum Gasteiger partial charge on any atom is 0.416 e. The number of ether oxygens (including phenoxy) is 1. The first-order chi connectivity index (χ1) is 8.39. The second kappa shape index (κ2) is 8.01. The number of carbonyl (C=O) groups is 1. The van der Waals surface area contributed by atoms with Crippen LogP contribution in [0.4, 0.5) is 13.2 Å². The van der Waals surface area contributed by atoms with Crippen molar-refractivity contribution in [1.82, 2.24) is 0 Å². The maximum absolute atomic E-state index is 12.3. The summed E-state index contributed by atoms with van der Waals surface area (Å²) >= 11 is 0. The number of benzene rings is 1. The highest BCUT2D eigenvalue weighted by Crippen LogP contribution is 2.28. The standard InChI is InChI=1S/C12H14F3NO2.ClH/c1-9(17)18-7-6-16-8-10-2-4-11(5-3-10)12(13,14)15;/h2-5,16H,6-8H2,1H3;1H. The average Bonchev–Trinajstić information content (AvgIpc) is 2.27. The lowest BCUT2D eigenvalue weighted by Gasteiger charge is -2.07. The first-order valence-electron chi connectivity index (χ1n) is 5.51. The van der Waals surface area contributed by atoms with Crippen LogP contribution in [0.2, 0.25) is 0 Å². The van der Waals surface area contributed by atoms with Gasteiger partial charge >= 0.3 is 12.1 Å². The predicted octanol–water partition coefficient (Wildman–Crippen LogP) is -1.66. The molecule has 0 bridgehead atoms. The molecule has 1 rings (SSSR count). The van der Waals surface area contributed by atoms with Gasteiger partial charge in [-0.1, -0.05) is 12.1 Å². The number of halogens is 4. The van der Waals surface area contributed by atoms with Gasteiger partial charge < -0.3 is 22.5 Å². The number of carbonyl (C=O) groups excluding carboxylic acids is 1. The summed E-state index contributed by atoms with van der Waals surface area (Å²) in [6.07, 6.45) is -4.29. The molecular weight excluding hydrogens is 283 g/mol. The SMILES string of the molecule is CC(=O)OCC[NH2+]Cc1ccc(C(F)(F)F)cc1.[Cl-]. The van der Waals surface area contributed by atoms with Crippen molar-refractivity contribution in [2.24, 2.45) is 0 Å². The van der Waals surface area contributed by atoms with Crippen LogP contribution in [0.5, 0.6) is 0 Å². The van der Waals surface area contributed by atoms with E-state index < -0.39 is 11.7 Å². The van der Waals surface area contributed by atoms with Crippen LogP contribution < -0.4 is 17.7 Å². The van der Waals surface area contributed by atoms with Gasteiger partial charge in [-0.3, -0.25) is 4.79 Å². The third kappa shape index (κ3) is 7.03. The van der Waals surface area contributed by atoms with Gasteiger partial charge in [0, 0.05) is 12.5 Å². The van der Waals surface area contributed by atoms with E-state index in [1.165, 1.54) is 19.1 Å². The summed E-state index contributed by atoms with van der Waals surface area (Å²) in [5, 5.41) is 1.87. The normalized spacial score (nSPS) is 10.7. The molecule has 0 atom stereocenters. The van der Waals surface area contributed by atoms with Crippen LogP contribution in [-0.2, 0) is 22.3 Å². The molecular formula is C12H15ClF3NO2. The van der Waals surface area contributed by atoms with Gasteiger partial charge in [-0.15, -0.1) is 0 Å². The smallest absolute Gasteiger partial charge is 0.416 e. The Hall–Kier alpha value is -1.27. The molecule has 0 aromatic heterocycles. The Kier molecular flexibility index (Phi) is 7.48. The Morgan fingerprint density at radius 3 is 2.32 bits per heavy atom. The minimum Gasteiger partial charge on any atom is -1.00 e. The highest BCUT2D eigenvalue weighted by atomic mass is 35.5. The lowest BCUT2D eigenvalue weighted by Crippen LogP contribution is -3.00. The molecule has 7 heteroatoms. The van der Waals surface area contributed by atoms with Gasteiger partial charge in [-0.2, -0.15) is 13.2 Å².